The molecule has 1 fully saturated rings. The zero-order valence-corrected chi connectivity index (χ0v) is 22.8. The van der Waals surface area contributed by atoms with Gasteiger partial charge in [-0.3, -0.25) is 19.1 Å². The van der Waals surface area contributed by atoms with Crippen LogP contribution in [0.5, 0.6) is 17.2 Å². The second kappa shape index (κ2) is 8.88. The summed E-state index contributed by atoms with van der Waals surface area (Å²) in [7, 11) is 4.05. The summed E-state index contributed by atoms with van der Waals surface area (Å²) >= 11 is 0. The number of ketones is 2. The van der Waals surface area contributed by atoms with Gasteiger partial charge < -0.3 is 28.8 Å². The van der Waals surface area contributed by atoms with E-state index in [9.17, 15) is 24.3 Å². The standard InChI is InChI=1S/C31H24O11/c1-37-19-9-5-7-17-25(19)31(42-30(17)11-10-14(40-30)12-21(33)39-3)26-23-16(13-20(38-2)24(26)29(36)41-31)27(34)15-6-4-8-18(32)22(15)28(23)35/h4-9,13-14,32H,10-12H2,1-3H3. The van der Waals surface area contributed by atoms with Gasteiger partial charge in [-0.15, -0.1) is 0 Å². The average molecular weight is 573 g/mol. The molecule has 214 valence electrons. The Kier molecular flexibility index (Phi) is 5.53. The summed E-state index contributed by atoms with van der Waals surface area (Å²) in [6, 6.07) is 10.7. The molecule has 1 saturated heterocycles. The molecule has 0 radical (unpaired) electrons. The fourth-order valence-electron chi connectivity index (χ4n) is 6.61. The zero-order valence-electron chi connectivity index (χ0n) is 22.8. The number of fused-ring (bicyclic) bond motifs is 8. The first kappa shape index (κ1) is 26.2. The summed E-state index contributed by atoms with van der Waals surface area (Å²) in [4.78, 5) is 53.7. The third-order valence-electron chi connectivity index (χ3n) is 8.34. The first-order valence-electron chi connectivity index (χ1n) is 13.2. The Bertz CT molecular complexity index is 1760. The van der Waals surface area contributed by atoms with Gasteiger partial charge in [0.2, 0.25) is 5.79 Å². The largest absolute Gasteiger partial charge is 0.507 e. The molecule has 1 N–H and O–H groups in total. The van der Waals surface area contributed by atoms with Crippen molar-refractivity contribution >= 4 is 23.5 Å². The minimum Gasteiger partial charge on any atom is -0.507 e. The minimum absolute atomic E-state index is 0.00674. The maximum absolute atomic E-state index is 14.2. The van der Waals surface area contributed by atoms with Crippen LogP contribution in [0.15, 0.2) is 42.5 Å². The molecular weight excluding hydrogens is 548 g/mol. The van der Waals surface area contributed by atoms with Gasteiger partial charge in [0.05, 0.1) is 50.5 Å². The lowest BCUT2D eigenvalue weighted by molar-refractivity contribution is -0.314. The van der Waals surface area contributed by atoms with Crippen molar-refractivity contribution in [1.29, 1.82) is 0 Å². The molecule has 1 aliphatic carbocycles. The van der Waals surface area contributed by atoms with E-state index in [4.69, 9.17) is 28.4 Å². The lowest BCUT2D eigenvalue weighted by Gasteiger charge is -2.32. The van der Waals surface area contributed by atoms with E-state index < -0.39 is 41.2 Å². The number of ether oxygens (including phenoxy) is 6. The molecule has 3 aromatic rings. The van der Waals surface area contributed by atoms with E-state index in [1.54, 1.807) is 18.2 Å². The Hall–Kier alpha value is -4.74. The highest BCUT2D eigenvalue weighted by atomic mass is 16.8. The summed E-state index contributed by atoms with van der Waals surface area (Å²) in [5.74, 6) is -6.24. The van der Waals surface area contributed by atoms with Gasteiger partial charge in [-0.25, -0.2) is 4.79 Å². The normalized spacial score (nSPS) is 24.7. The summed E-state index contributed by atoms with van der Waals surface area (Å²) < 4.78 is 35.2. The topological polar surface area (TPSA) is 144 Å². The molecule has 0 aromatic heterocycles. The predicted molar refractivity (Wildman–Crippen MR) is 141 cm³/mol. The average Bonchev–Trinajstić information content (AvgIpc) is 3.62. The van der Waals surface area contributed by atoms with E-state index in [0.29, 0.717) is 12.0 Å². The highest BCUT2D eigenvalue weighted by Gasteiger charge is 2.67. The number of phenols is 1. The molecule has 11 nitrogen and oxygen atoms in total. The zero-order chi connectivity index (χ0) is 29.6. The van der Waals surface area contributed by atoms with Crippen molar-refractivity contribution in [2.24, 2.45) is 0 Å². The van der Waals surface area contributed by atoms with E-state index >= 15 is 0 Å². The number of phenolic OH excluding ortho intramolecular Hbond substituents is 1. The van der Waals surface area contributed by atoms with Crippen LogP contribution in [0.1, 0.15) is 78.2 Å². The number of carbonyl (C=O) groups excluding carboxylic acids is 4. The lowest BCUT2D eigenvalue weighted by Crippen LogP contribution is -2.36. The van der Waals surface area contributed by atoms with Gasteiger partial charge in [0.25, 0.3) is 5.79 Å². The van der Waals surface area contributed by atoms with E-state index in [1.807, 2.05) is 0 Å². The van der Waals surface area contributed by atoms with Crippen LogP contribution in [0.4, 0.5) is 0 Å². The lowest BCUT2D eigenvalue weighted by atomic mass is 9.77. The van der Waals surface area contributed by atoms with Crippen molar-refractivity contribution in [3.8, 4) is 17.2 Å². The van der Waals surface area contributed by atoms with Crippen molar-refractivity contribution in [3.05, 3.63) is 87.0 Å². The molecule has 0 bridgehead atoms. The van der Waals surface area contributed by atoms with Crippen LogP contribution >= 0.6 is 0 Å². The quantitative estimate of drug-likeness (QED) is 0.359. The van der Waals surface area contributed by atoms with Crippen LogP contribution in [0, 0.1) is 0 Å². The van der Waals surface area contributed by atoms with Crippen LogP contribution < -0.4 is 9.47 Å². The summed E-state index contributed by atoms with van der Waals surface area (Å²) in [5, 5.41) is 10.7. The first-order chi connectivity index (χ1) is 20.2. The number of benzene rings is 3. The van der Waals surface area contributed by atoms with Gasteiger partial charge in [0.1, 0.15) is 22.8 Å². The van der Waals surface area contributed by atoms with Crippen LogP contribution in [0.3, 0.4) is 0 Å². The molecule has 0 saturated carbocycles. The fourth-order valence-corrected chi connectivity index (χ4v) is 6.61. The molecular formula is C31H24O11. The molecule has 2 spiro atoms. The van der Waals surface area contributed by atoms with Gasteiger partial charge in [-0.05, 0) is 24.6 Å². The highest BCUT2D eigenvalue weighted by Crippen LogP contribution is 2.63. The molecule has 0 amide bonds. The van der Waals surface area contributed by atoms with Gasteiger partial charge in [0, 0.05) is 28.7 Å². The summed E-state index contributed by atoms with van der Waals surface area (Å²) in [5.41, 5.74) is 0.227. The van der Waals surface area contributed by atoms with Crippen molar-refractivity contribution in [1.82, 2.24) is 0 Å². The third-order valence-corrected chi connectivity index (χ3v) is 8.34. The molecule has 4 aliphatic rings. The van der Waals surface area contributed by atoms with Crippen molar-refractivity contribution in [2.45, 2.75) is 36.9 Å². The van der Waals surface area contributed by atoms with E-state index in [1.165, 1.54) is 45.6 Å². The number of rotatable bonds is 4. The summed E-state index contributed by atoms with van der Waals surface area (Å²) in [6.45, 7) is 0. The van der Waals surface area contributed by atoms with E-state index in [0.717, 1.165) is 0 Å². The van der Waals surface area contributed by atoms with Gasteiger partial charge >= 0.3 is 11.9 Å². The van der Waals surface area contributed by atoms with Crippen molar-refractivity contribution in [2.75, 3.05) is 21.3 Å². The van der Waals surface area contributed by atoms with Gasteiger partial charge in [-0.2, -0.15) is 0 Å². The number of methoxy groups -OCH3 is 3. The predicted octanol–water partition coefficient (Wildman–Crippen LogP) is 3.48. The Balaban J connectivity index is 1.51. The Morgan fingerprint density at radius 3 is 2.43 bits per heavy atom. The Labute approximate surface area is 238 Å². The van der Waals surface area contributed by atoms with Crippen LogP contribution in [0.2, 0.25) is 0 Å². The molecule has 3 aromatic carbocycles. The molecule has 3 unspecified atom stereocenters. The number of esters is 2. The van der Waals surface area contributed by atoms with Gasteiger partial charge in [0.15, 0.2) is 11.6 Å². The molecule has 42 heavy (non-hydrogen) atoms. The fraction of sp³-hybridized carbons (Fsp3) is 0.290. The number of carbonyl (C=O) groups is 4. The number of hydrogen-bond donors (Lipinski definition) is 1. The smallest absolute Gasteiger partial charge is 0.345 e. The monoisotopic (exact) mass is 572 g/mol. The van der Waals surface area contributed by atoms with E-state index in [-0.39, 0.29) is 69.0 Å². The minimum atomic E-state index is -2.09. The van der Waals surface area contributed by atoms with Crippen LogP contribution in [-0.2, 0) is 35.3 Å². The van der Waals surface area contributed by atoms with Crippen molar-refractivity contribution < 1.29 is 52.7 Å². The number of aromatic hydroxyl groups is 1. The van der Waals surface area contributed by atoms with Crippen LogP contribution in [-0.4, -0.2) is 56.0 Å². The summed E-state index contributed by atoms with van der Waals surface area (Å²) in [6.07, 6.45) is 0.0784. The van der Waals surface area contributed by atoms with Gasteiger partial charge in [-0.1, -0.05) is 24.3 Å². The second-order valence-corrected chi connectivity index (χ2v) is 10.4. The second-order valence-electron chi connectivity index (χ2n) is 10.4. The van der Waals surface area contributed by atoms with E-state index in [2.05, 4.69) is 0 Å². The van der Waals surface area contributed by atoms with Crippen molar-refractivity contribution in [3.63, 3.8) is 0 Å². The SMILES string of the molecule is COC(=O)CC1CCC2(O1)OC1(OC(=O)c3c(OC)cc4c(c31)C(=O)c1c(O)cccc1C4=O)c1c(OC)cccc12. The molecule has 3 heterocycles. The highest BCUT2D eigenvalue weighted by molar-refractivity contribution is 6.31. The number of hydrogen-bond acceptors (Lipinski definition) is 11. The molecule has 3 atom stereocenters. The molecule has 7 rings (SSSR count). The molecule has 11 heteroatoms. The maximum atomic E-state index is 14.2. The maximum Gasteiger partial charge on any atom is 0.345 e. The Morgan fingerprint density at radius 2 is 1.69 bits per heavy atom. The third kappa shape index (κ3) is 3.23. The first-order valence-corrected chi connectivity index (χ1v) is 13.2. The molecule has 3 aliphatic heterocycles. The Morgan fingerprint density at radius 1 is 0.929 bits per heavy atom. The van der Waals surface area contributed by atoms with Crippen LogP contribution in [0.25, 0.3) is 0 Å².